The van der Waals surface area contributed by atoms with E-state index in [-0.39, 0.29) is 43.8 Å². The Bertz CT molecular complexity index is 1250. The topological polar surface area (TPSA) is 96.0 Å². The van der Waals surface area contributed by atoms with E-state index in [1.54, 1.807) is 30.2 Å². The van der Waals surface area contributed by atoms with Crippen molar-refractivity contribution >= 4 is 39.1 Å². The first-order chi connectivity index (χ1) is 18.5. The van der Waals surface area contributed by atoms with E-state index in [4.69, 9.17) is 16.3 Å². The number of rotatable bonds is 13. The van der Waals surface area contributed by atoms with E-state index < -0.39 is 16.1 Å². The zero-order chi connectivity index (χ0) is 28.6. The maximum atomic E-state index is 13.7. The molecule has 1 aliphatic rings. The van der Waals surface area contributed by atoms with E-state index in [9.17, 15) is 18.0 Å². The first-order valence-corrected chi connectivity index (χ1v) is 15.7. The lowest BCUT2D eigenvalue weighted by atomic mass is 10.1. The van der Waals surface area contributed by atoms with E-state index in [0.29, 0.717) is 22.9 Å². The first kappa shape index (κ1) is 30.8. The second-order valence-corrected chi connectivity index (χ2v) is 12.5. The Balaban J connectivity index is 1.79. The predicted molar refractivity (Wildman–Crippen MR) is 156 cm³/mol. The molecule has 8 nitrogen and oxygen atoms in total. The molecule has 0 bridgehead atoms. The number of nitrogens with zero attached hydrogens (tertiary/aromatic N) is 2. The van der Waals surface area contributed by atoms with Crippen molar-refractivity contribution in [2.24, 2.45) is 0 Å². The lowest BCUT2D eigenvalue weighted by molar-refractivity contribution is -0.141. The van der Waals surface area contributed by atoms with Crippen molar-refractivity contribution in [1.29, 1.82) is 0 Å². The summed E-state index contributed by atoms with van der Waals surface area (Å²) < 4.78 is 31.9. The Labute approximate surface area is 237 Å². The van der Waals surface area contributed by atoms with Gasteiger partial charge < -0.3 is 15.0 Å². The van der Waals surface area contributed by atoms with Gasteiger partial charge in [-0.3, -0.25) is 13.9 Å². The van der Waals surface area contributed by atoms with Crippen LogP contribution >= 0.6 is 11.6 Å². The van der Waals surface area contributed by atoms with Crippen LogP contribution in [0.3, 0.4) is 0 Å². The molecule has 39 heavy (non-hydrogen) atoms. The molecule has 1 saturated carbocycles. The number of methoxy groups -OCH3 is 1. The summed E-state index contributed by atoms with van der Waals surface area (Å²) >= 11 is 6.15. The highest BCUT2D eigenvalue weighted by Crippen LogP contribution is 2.27. The van der Waals surface area contributed by atoms with Crippen molar-refractivity contribution in [3.63, 3.8) is 0 Å². The minimum absolute atomic E-state index is 0.0861. The number of ether oxygens (including phenoxy) is 1. The molecule has 0 spiro atoms. The van der Waals surface area contributed by atoms with Gasteiger partial charge in [0.2, 0.25) is 21.8 Å². The lowest BCUT2D eigenvalue weighted by Gasteiger charge is -2.32. The molecule has 1 atom stereocenters. The summed E-state index contributed by atoms with van der Waals surface area (Å²) in [5, 5.41) is 3.58. The largest absolute Gasteiger partial charge is 0.497 e. The number of hydrogen-bond acceptors (Lipinski definition) is 5. The van der Waals surface area contributed by atoms with Gasteiger partial charge >= 0.3 is 0 Å². The number of nitrogens with one attached hydrogen (secondary N) is 1. The molecule has 0 heterocycles. The van der Waals surface area contributed by atoms with Crippen LogP contribution in [0.2, 0.25) is 5.02 Å². The molecule has 2 aromatic carbocycles. The molecule has 1 N–H and O–H groups in total. The number of anilines is 1. The Morgan fingerprint density at radius 1 is 1.15 bits per heavy atom. The van der Waals surface area contributed by atoms with Gasteiger partial charge in [0.15, 0.2) is 0 Å². The fraction of sp³-hybridized carbons (Fsp3) is 0.517. The van der Waals surface area contributed by atoms with E-state index in [2.05, 4.69) is 5.32 Å². The molecule has 1 fully saturated rings. The second-order valence-electron chi connectivity index (χ2n) is 10.2. The standard InChI is InChI=1S/C29H40ClN3O5S/c1-5-26(29(35)31-24-11-6-7-12-24)32(20-22-10-8-13-25(18-22)38-3)28(34)14-9-17-33(39(4,36)37)27-19-23(30)16-15-21(27)2/h8,10,13,15-16,18-19,24,26H,5-7,9,11-12,14,17,20H2,1-4H3,(H,31,35). The zero-order valence-corrected chi connectivity index (χ0v) is 24.9. The van der Waals surface area contributed by atoms with Crippen LogP contribution < -0.4 is 14.4 Å². The number of carbonyl (C=O) groups is 2. The summed E-state index contributed by atoms with van der Waals surface area (Å²) in [6, 6.07) is 12.1. The summed E-state index contributed by atoms with van der Waals surface area (Å²) in [4.78, 5) is 28.6. The summed E-state index contributed by atoms with van der Waals surface area (Å²) in [6.07, 6.45) is 6.08. The van der Waals surface area contributed by atoms with Crippen molar-refractivity contribution in [3.8, 4) is 5.75 Å². The van der Waals surface area contributed by atoms with Crippen LogP contribution in [0, 0.1) is 6.92 Å². The van der Waals surface area contributed by atoms with Gasteiger partial charge in [-0.1, -0.05) is 49.6 Å². The maximum Gasteiger partial charge on any atom is 0.243 e. The van der Waals surface area contributed by atoms with Crippen molar-refractivity contribution in [1.82, 2.24) is 10.2 Å². The third-order valence-electron chi connectivity index (χ3n) is 7.17. The van der Waals surface area contributed by atoms with Gasteiger partial charge in [-0.25, -0.2) is 8.42 Å². The third-order valence-corrected chi connectivity index (χ3v) is 8.58. The average molecular weight is 578 g/mol. The third kappa shape index (κ3) is 8.60. The molecule has 3 rings (SSSR count). The zero-order valence-electron chi connectivity index (χ0n) is 23.3. The summed E-state index contributed by atoms with van der Waals surface area (Å²) in [7, 11) is -2.02. The van der Waals surface area contributed by atoms with E-state index in [0.717, 1.165) is 43.1 Å². The Hall–Kier alpha value is -2.78. The molecule has 1 unspecified atom stereocenters. The van der Waals surface area contributed by atoms with Gasteiger partial charge in [-0.15, -0.1) is 0 Å². The minimum Gasteiger partial charge on any atom is -0.497 e. The van der Waals surface area contributed by atoms with Crippen LogP contribution in [0.15, 0.2) is 42.5 Å². The lowest BCUT2D eigenvalue weighted by Crippen LogP contribution is -2.51. The maximum absolute atomic E-state index is 13.7. The monoisotopic (exact) mass is 577 g/mol. The summed E-state index contributed by atoms with van der Waals surface area (Å²) in [5.74, 6) is 0.319. The number of carbonyl (C=O) groups excluding carboxylic acids is 2. The van der Waals surface area contributed by atoms with Crippen molar-refractivity contribution < 1.29 is 22.7 Å². The van der Waals surface area contributed by atoms with Crippen LogP contribution in [-0.4, -0.2) is 57.1 Å². The number of hydrogen-bond donors (Lipinski definition) is 1. The minimum atomic E-state index is -3.61. The molecular formula is C29H40ClN3O5S. The second kappa shape index (κ2) is 14.0. The van der Waals surface area contributed by atoms with Crippen LogP contribution in [0.1, 0.15) is 63.0 Å². The van der Waals surface area contributed by atoms with Crippen molar-refractivity contribution in [2.45, 2.75) is 77.4 Å². The Kier molecular flexibility index (Phi) is 11.1. The SMILES string of the molecule is CCC(C(=O)NC1CCCC1)N(Cc1cccc(OC)c1)C(=O)CCCN(c1cc(Cl)ccc1C)S(C)(=O)=O. The quantitative estimate of drug-likeness (QED) is 0.358. The molecule has 2 aromatic rings. The summed E-state index contributed by atoms with van der Waals surface area (Å²) in [5.41, 5.74) is 2.11. The van der Waals surface area contributed by atoms with E-state index >= 15 is 0 Å². The molecule has 10 heteroatoms. The average Bonchev–Trinajstić information content (AvgIpc) is 3.40. The molecule has 214 valence electrons. The highest BCUT2D eigenvalue weighted by Gasteiger charge is 2.31. The van der Waals surface area contributed by atoms with Crippen LogP contribution in [-0.2, 0) is 26.2 Å². The Morgan fingerprint density at radius 2 is 1.87 bits per heavy atom. The molecular weight excluding hydrogens is 538 g/mol. The van der Waals surface area contributed by atoms with E-state index in [1.165, 1.54) is 4.31 Å². The van der Waals surface area contributed by atoms with Crippen LogP contribution in [0.5, 0.6) is 5.75 Å². The van der Waals surface area contributed by atoms with E-state index in [1.807, 2.05) is 38.1 Å². The highest BCUT2D eigenvalue weighted by molar-refractivity contribution is 7.92. The number of benzene rings is 2. The highest BCUT2D eigenvalue weighted by atomic mass is 35.5. The summed E-state index contributed by atoms with van der Waals surface area (Å²) in [6.45, 7) is 4.08. The predicted octanol–water partition coefficient (Wildman–Crippen LogP) is 5.07. The molecule has 0 saturated heterocycles. The molecule has 0 aromatic heterocycles. The van der Waals surface area contributed by atoms with Crippen LogP contribution in [0.25, 0.3) is 0 Å². The fourth-order valence-corrected chi connectivity index (χ4v) is 6.27. The molecule has 2 amide bonds. The molecule has 0 radical (unpaired) electrons. The number of sulfonamides is 1. The van der Waals surface area contributed by atoms with Crippen molar-refractivity contribution in [3.05, 3.63) is 58.6 Å². The van der Waals surface area contributed by atoms with Crippen LogP contribution in [0.4, 0.5) is 5.69 Å². The Morgan fingerprint density at radius 3 is 2.51 bits per heavy atom. The fourth-order valence-electron chi connectivity index (χ4n) is 5.09. The smallest absolute Gasteiger partial charge is 0.243 e. The number of amides is 2. The number of halogens is 1. The first-order valence-electron chi connectivity index (χ1n) is 13.5. The van der Waals surface area contributed by atoms with Gasteiger partial charge in [0.25, 0.3) is 0 Å². The normalized spacial score (nSPS) is 14.6. The molecule has 0 aliphatic heterocycles. The molecule has 1 aliphatic carbocycles. The van der Waals surface area contributed by atoms with Gasteiger partial charge in [-0.2, -0.15) is 0 Å². The van der Waals surface area contributed by atoms with Gasteiger partial charge in [0.05, 0.1) is 19.1 Å². The van der Waals surface area contributed by atoms with Crippen molar-refractivity contribution in [2.75, 3.05) is 24.2 Å². The van der Waals surface area contributed by atoms with Gasteiger partial charge in [-0.05, 0) is 68.0 Å². The van der Waals surface area contributed by atoms with Gasteiger partial charge in [0.1, 0.15) is 11.8 Å². The number of aryl methyl sites for hydroxylation is 1. The van der Waals surface area contributed by atoms with Gasteiger partial charge in [0, 0.05) is 30.6 Å².